The van der Waals surface area contributed by atoms with E-state index < -0.39 is 5.97 Å². The summed E-state index contributed by atoms with van der Waals surface area (Å²) in [6, 6.07) is 1.38. The molecule has 19 heavy (non-hydrogen) atoms. The Kier molecular flexibility index (Phi) is 5.00. The van der Waals surface area contributed by atoms with E-state index in [1.165, 1.54) is 18.5 Å². The molecule has 0 aliphatic carbocycles. The molecule has 0 radical (unpaired) electrons. The standard InChI is InChI=1S/C13H19N3O3/c1-13(2,3)15-5-4-11(17)16-10-6-9(12(18)19)7-14-8-10/h6-8,15H,4-5H2,1-3H3,(H,16,17)(H,18,19). The molecule has 104 valence electrons. The van der Waals surface area contributed by atoms with E-state index in [2.05, 4.69) is 15.6 Å². The summed E-state index contributed by atoms with van der Waals surface area (Å²) in [7, 11) is 0. The Balaban J connectivity index is 2.48. The molecule has 3 N–H and O–H groups in total. The van der Waals surface area contributed by atoms with Gasteiger partial charge in [0.2, 0.25) is 5.91 Å². The second-order valence-electron chi connectivity index (χ2n) is 5.24. The van der Waals surface area contributed by atoms with Crippen LogP contribution >= 0.6 is 0 Å². The predicted molar refractivity (Wildman–Crippen MR) is 72.2 cm³/mol. The topological polar surface area (TPSA) is 91.3 Å². The Labute approximate surface area is 112 Å². The SMILES string of the molecule is CC(C)(C)NCCC(=O)Nc1cncc(C(=O)O)c1. The Hall–Kier alpha value is -1.95. The molecule has 0 bridgehead atoms. The quantitative estimate of drug-likeness (QED) is 0.750. The maximum Gasteiger partial charge on any atom is 0.337 e. The van der Waals surface area contributed by atoms with Crippen LogP contribution in [0, 0.1) is 0 Å². The summed E-state index contributed by atoms with van der Waals surface area (Å²) in [5.74, 6) is -1.25. The average Bonchev–Trinajstić information content (AvgIpc) is 2.27. The third kappa shape index (κ3) is 5.96. The van der Waals surface area contributed by atoms with Gasteiger partial charge in [0, 0.05) is 24.7 Å². The van der Waals surface area contributed by atoms with Crippen LogP contribution in [0.1, 0.15) is 37.6 Å². The van der Waals surface area contributed by atoms with Gasteiger partial charge in [-0.3, -0.25) is 9.78 Å². The zero-order valence-corrected chi connectivity index (χ0v) is 11.4. The smallest absolute Gasteiger partial charge is 0.337 e. The number of nitrogens with one attached hydrogen (secondary N) is 2. The van der Waals surface area contributed by atoms with E-state index in [0.717, 1.165) is 0 Å². The fourth-order valence-corrected chi connectivity index (χ4v) is 1.40. The molecular weight excluding hydrogens is 246 g/mol. The number of aromatic nitrogens is 1. The summed E-state index contributed by atoms with van der Waals surface area (Å²) in [5.41, 5.74) is 0.400. The van der Waals surface area contributed by atoms with E-state index in [0.29, 0.717) is 18.7 Å². The van der Waals surface area contributed by atoms with Gasteiger partial charge in [0.1, 0.15) is 0 Å². The number of rotatable bonds is 5. The second kappa shape index (κ2) is 6.29. The molecule has 1 amide bonds. The molecule has 1 rings (SSSR count). The number of carbonyl (C=O) groups is 2. The fraction of sp³-hybridized carbons (Fsp3) is 0.462. The van der Waals surface area contributed by atoms with E-state index in [-0.39, 0.29) is 17.0 Å². The lowest BCUT2D eigenvalue weighted by molar-refractivity contribution is -0.116. The number of hydrogen-bond donors (Lipinski definition) is 3. The van der Waals surface area contributed by atoms with Crippen LogP contribution in [-0.4, -0.2) is 34.1 Å². The van der Waals surface area contributed by atoms with Gasteiger partial charge in [-0.25, -0.2) is 4.79 Å². The van der Waals surface area contributed by atoms with Gasteiger partial charge in [-0.05, 0) is 26.8 Å². The molecule has 0 aliphatic rings. The van der Waals surface area contributed by atoms with E-state index in [4.69, 9.17) is 5.11 Å². The maximum absolute atomic E-state index is 11.7. The molecule has 0 saturated carbocycles. The molecule has 1 heterocycles. The predicted octanol–water partition coefficient (Wildman–Crippen LogP) is 1.50. The summed E-state index contributed by atoms with van der Waals surface area (Å²) in [5, 5.41) is 14.6. The van der Waals surface area contributed by atoms with Crippen molar-refractivity contribution < 1.29 is 14.7 Å². The molecule has 1 aromatic heterocycles. The first-order valence-corrected chi connectivity index (χ1v) is 6.01. The van der Waals surface area contributed by atoms with Crippen LogP contribution in [0.15, 0.2) is 18.5 Å². The molecule has 0 unspecified atom stereocenters. The fourth-order valence-electron chi connectivity index (χ4n) is 1.40. The normalized spacial score (nSPS) is 11.1. The van der Waals surface area contributed by atoms with Gasteiger partial charge in [-0.1, -0.05) is 0 Å². The van der Waals surface area contributed by atoms with Gasteiger partial charge in [-0.15, -0.1) is 0 Å². The van der Waals surface area contributed by atoms with Gasteiger partial charge >= 0.3 is 5.97 Å². The summed E-state index contributed by atoms with van der Waals surface area (Å²) in [4.78, 5) is 26.2. The highest BCUT2D eigenvalue weighted by atomic mass is 16.4. The number of nitrogens with zero attached hydrogens (tertiary/aromatic N) is 1. The van der Waals surface area contributed by atoms with Crippen LogP contribution in [0.3, 0.4) is 0 Å². The van der Waals surface area contributed by atoms with Gasteiger partial charge in [0.15, 0.2) is 0 Å². The van der Waals surface area contributed by atoms with Crippen molar-refractivity contribution in [2.75, 3.05) is 11.9 Å². The highest BCUT2D eigenvalue weighted by molar-refractivity contribution is 5.93. The van der Waals surface area contributed by atoms with Crippen molar-refractivity contribution in [2.24, 2.45) is 0 Å². The van der Waals surface area contributed by atoms with Crippen LogP contribution in [0.2, 0.25) is 0 Å². The first-order chi connectivity index (χ1) is 8.78. The zero-order valence-electron chi connectivity index (χ0n) is 11.4. The third-order valence-corrected chi connectivity index (χ3v) is 2.28. The summed E-state index contributed by atoms with van der Waals surface area (Å²) in [6.07, 6.45) is 2.97. The molecule has 6 heteroatoms. The van der Waals surface area contributed by atoms with E-state index in [1.807, 2.05) is 20.8 Å². The van der Waals surface area contributed by atoms with E-state index >= 15 is 0 Å². The summed E-state index contributed by atoms with van der Waals surface area (Å²) in [6.45, 7) is 6.61. The average molecular weight is 265 g/mol. The van der Waals surface area contributed by atoms with Crippen LogP contribution in [0.5, 0.6) is 0 Å². The molecule has 1 aromatic rings. The van der Waals surface area contributed by atoms with Crippen LogP contribution < -0.4 is 10.6 Å². The van der Waals surface area contributed by atoms with E-state index in [1.54, 1.807) is 0 Å². The number of anilines is 1. The molecule has 0 spiro atoms. The van der Waals surface area contributed by atoms with Crippen molar-refractivity contribution in [1.82, 2.24) is 10.3 Å². The number of amides is 1. The Morgan fingerprint density at radius 2 is 2.00 bits per heavy atom. The van der Waals surface area contributed by atoms with Gasteiger partial charge in [-0.2, -0.15) is 0 Å². The third-order valence-electron chi connectivity index (χ3n) is 2.28. The molecule has 0 fully saturated rings. The molecule has 0 aromatic carbocycles. The first kappa shape index (κ1) is 15.1. The van der Waals surface area contributed by atoms with Crippen molar-refractivity contribution in [3.8, 4) is 0 Å². The lowest BCUT2D eigenvalue weighted by atomic mass is 10.1. The van der Waals surface area contributed by atoms with Crippen molar-refractivity contribution >= 4 is 17.6 Å². The van der Waals surface area contributed by atoms with Gasteiger partial charge < -0.3 is 15.7 Å². The number of aromatic carboxylic acids is 1. The van der Waals surface area contributed by atoms with Crippen LogP contribution in [0.4, 0.5) is 5.69 Å². The number of carbonyl (C=O) groups excluding carboxylic acids is 1. The van der Waals surface area contributed by atoms with Crippen molar-refractivity contribution in [3.05, 3.63) is 24.0 Å². The molecule has 0 atom stereocenters. The van der Waals surface area contributed by atoms with Crippen LogP contribution in [-0.2, 0) is 4.79 Å². The minimum absolute atomic E-state index is 0.0366. The van der Waals surface area contributed by atoms with E-state index in [9.17, 15) is 9.59 Å². The summed E-state index contributed by atoms with van der Waals surface area (Å²) >= 11 is 0. The highest BCUT2D eigenvalue weighted by Gasteiger charge is 2.10. The number of carboxylic acids is 1. The van der Waals surface area contributed by atoms with Crippen molar-refractivity contribution in [1.29, 1.82) is 0 Å². The zero-order chi connectivity index (χ0) is 14.5. The first-order valence-electron chi connectivity index (χ1n) is 6.01. The number of carboxylic acid groups (broad SMARTS) is 1. The van der Waals surface area contributed by atoms with Crippen LogP contribution in [0.25, 0.3) is 0 Å². The Bertz CT molecular complexity index is 466. The second-order valence-corrected chi connectivity index (χ2v) is 5.24. The molecule has 0 aliphatic heterocycles. The Morgan fingerprint density at radius 3 is 2.58 bits per heavy atom. The lowest BCUT2D eigenvalue weighted by Crippen LogP contribution is -2.37. The summed E-state index contributed by atoms with van der Waals surface area (Å²) < 4.78 is 0. The van der Waals surface area contributed by atoms with Gasteiger partial charge in [0.25, 0.3) is 0 Å². The lowest BCUT2D eigenvalue weighted by Gasteiger charge is -2.20. The highest BCUT2D eigenvalue weighted by Crippen LogP contribution is 2.08. The number of hydrogen-bond acceptors (Lipinski definition) is 4. The Morgan fingerprint density at radius 1 is 1.32 bits per heavy atom. The maximum atomic E-state index is 11.7. The largest absolute Gasteiger partial charge is 0.478 e. The molecule has 6 nitrogen and oxygen atoms in total. The molecule has 0 saturated heterocycles. The minimum atomic E-state index is -1.07. The minimum Gasteiger partial charge on any atom is -0.478 e. The van der Waals surface area contributed by atoms with Crippen molar-refractivity contribution in [2.45, 2.75) is 32.7 Å². The molecular formula is C13H19N3O3. The van der Waals surface area contributed by atoms with Crippen molar-refractivity contribution in [3.63, 3.8) is 0 Å². The van der Waals surface area contributed by atoms with Gasteiger partial charge in [0.05, 0.1) is 17.4 Å². The monoisotopic (exact) mass is 265 g/mol. The number of pyridine rings is 1.